The van der Waals surface area contributed by atoms with Crippen LogP contribution in [0.1, 0.15) is 12.0 Å². The average molecular weight is 273 g/mol. The highest BCUT2D eigenvalue weighted by molar-refractivity contribution is 6.30. The van der Waals surface area contributed by atoms with Gasteiger partial charge >= 0.3 is 0 Å². The lowest BCUT2D eigenvalue weighted by Gasteiger charge is -2.31. The molecule has 3 atom stereocenters. The van der Waals surface area contributed by atoms with Crippen LogP contribution >= 0.6 is 11.6 Å². The minimum atomic E-state index is -1.29. The van der Waals surface area contributed by atoms with E-state index < -0.39 is 18.0 Å². The molecule has 0 aromatic heterocycles. The van der Waals surface area contributed by atoms with Gasteiger partial charge in [-0.2, -0.15) is 0 Å². The van der Waals surface area contributed by atoms with Crippen LogP contribution in [0.15, 0.2) is 23.2 Å². The summed E-state index contributed by atoms with van der Waals surface area (Å²) in [6, 6.07) is 4.41. The topological polar surface area (TPSA) is 47.6 Å². The molecule has 0 saturated heterocycles. The molecule has 1 fully saturated rings. The summed E-state index contributed by atoms with van der Waals surface area (Å²) in [4.78, 5) is 4.03. The van der Waals surface area contributed by atoms with Crippen LogP contribution in [0.3, 0.4) is 0 Å². The first-order valence-corrected chi connectivity index (χ1v) is 5.98. The zero-order chi connectivity index (χ0) is 12.9. The monoisotopic (exact) mass is 272 g/mol. The maximum atomic E-state index is 14.1. The quantitative estimate of drug-likeness (QED) is 0.898. The van der Waals surface area contributed by atoms with Gasteiger partial charge in [0, 0.05) is 11.5 Å². The van der Waals surface area contributed by atoms with Gasteiger partial charge in [-0.15, -0.1) is 0 Å². The molecule has 0 spiro atoms. The molecule has 6 heteroatoms. The average Bonchev–Trinajstić information content (AvgIpc) is 3.11. The molecule has 3 nitrogen and oxygen atoms in total. The number of ether oxygens (including phenoxy) is 1. The van der Waals surface area contributed by atoms with Gasteiger partial charge in [0.1, 0.15) is 24.1 Å². The Bertz CT molecular complexity index is 537. The molecule has 1 aromatic carbocycles. The lowest BCUT2D eigenvalue weighted by atomic mass is 9.85. The van der Waals surface area contributed by atoms with Crippen LogP contribution in [0.4, 0.5) is 8.78 Å². The molecule has 2 aliphatic rings. The minimum Gasteiger partial charge on any atom is -0.462 e. The molecule has 1 unspecified atom stereocenters. The first-order chi connectivity index (χ1) is 8.58. The number of amidine groups is 1. The minimum absolute atomic E-state index is 0.0437. The van der Waals surface area contributed by atoms with Crippen molar-refractivity contribution in [2.24, 2.45) is 16.6 Å². The third kappa shape index (κ3) is 1.50. The first kappa shape index (κ1) is 11.7. The molecule has 1 aliphatic carbocycles. The fourth-order valence-corrected chi connectivity index (χ4v) is 2.74. The molecule has 96 valence electrons. The Morgan fingerprint density at radius 3 is 3.06 bits per heavy atom. The van der Waals surface area contributed by atoms with Crippen molar-refractivity contribution in [2.45, 2.75) is 18.1 Å². The molecule has 1 saturated carbocycles. The van der Waals surface area contributed by atoms with E-state index in [1.54, 1.807) is 6.07 Å². The van der Waals surface area contributed by atoms with Gasteiger partial charge in [-0.1, -0.05) is 23.7 Å². The highest BCUT2D eigenvalue weighted by Crippen LogP contribution is 2.53. The summed E-state index contributed by atoms with van der Waals surface area (Å²) in [5, 5.41) is -0.0437. The lowest BCUT2D eigenvalue weighted by molar-refractivity contribution is 0.168. The molecule has 0 amide bonds. The number of benzene rings is 1. The van der Waals surface area contributed by atoms with Gasteiger partial charge in [-0.05, 0) is 12.5 Å². The van der Waals surface area contributed by atoms with Crippen molar-refractivity contribution in [2.75, 3.05) is 6.67 Å². The molecule has 1 heterocycles. The molecule has 18 heavy (non-hydrogen) atoms. The van der Waals surface area contributed by atoms with E-state index >= 15 is 0 Å². The SMILES string of the molecule is NC1=N[C@](CF)(c2cccc(Cl)c2F)[C@@H]2CC2O1. The first-order valence-electron chi connectivity index (χ1n) is 5.61. The summed E-state index contributed by atoms with van der Waals surface area (Å²) in [7, 11) is 0. The third-order valence-electron chi connectivity index (χ3n) is 3.55. The second-order valence-electron chi connectivity index (χ2n) is 4.61. The summed E-state index contributed by atoms with van der Waals surface area (Å²) >= 11 is 5.74. The number of hydrogen-bond acceptors (Lipinski definition) is 3. The zero-order valence-electron chi connectivity index (χ0n) is 9.37. The number of alkyl halides is 1. The number of nitrogens with two attached hydrogens (primary N) is 1. The largest absolute Gasteiger partial charge is 0.462 e. The van der Waals surface area contributed by atoms with Crippen molar-refractivity contribution in [3.05, 3.63) is 34.6 Å². The van der Waals surface area contributed by atoms with E-state index in [1.807, 2.05) is 0 Å². The summed E-state index contributed by atoms with van der Waals surface area (Å²) in [5.74, 6) is -0.816. The van der Waals surface area contributed by atoms with Gasteiger partial charge in [0.15, 0.2) is 0 Å². The van der Waals surface area contributed by atoms with Crippen LogP contribution in [0, 0.1) is 11.7 Å². The fraction of sp³-hybridized carbons (Fsp3) is 0.417. The summed E-state index contributed by atoms with van der Waals surface area (Å²) in [5.41, 5.74) is 4.39. The zero-order valence-corrected chi connectivity index (χ0v) is 10.1. The lowest BCUT2D eigenvalue weighted by Crippen LogP contribution is -2.39. The second-order valence-corrected chi connectivity index (χ2v) is 5.02. The van der Waals surface area contributed by atoms with Crippen molar-refractivity contribution < 1.29 is 13.5 Å². The molecule has 3 rings (SSSR count). The standard InChI is InChI=1S/C12H11ClF2N2O/c13-8-3-1-2-6(10(8)15)12(5-14)7-4-9(7)18-11(16)17-12/h1-3,7,9H,4-5H2,(H2,16,17)/t7-,9?,12-/m1/s1. The molecule has 1 aliphatic heterocycles. The molecule has 0 bridgehead atoms. The smallest absolute Gasteiger partial charge is 0.283 e. The van der Waals surface area contributed by atoms with Gasteiger partial charge < -0.3 is 10.5 Å². The summed E-state index contributed by atoms with van der Waals surface area (Å²) < 4.78 is 32.9. The van der Waals surface area contributed by atoms with E-state index in [0.717, 1.165) is 0 Å². The van der Waals surface area contributed by atoms with E-state index in [-0.39, 0.29) is 28.6 Å². The van der Waals surface area contributed by atoms with Crippen molar-refractivity contribution in [1.29, 1.82) is 0 Å². The number of fused-ring (bicyclic) bond motifs is 1. The van der Waals surface area contributed by atoms with E-state index in [2.05, 4.69) is 4.99 Å². The molecular formula is C12H11ClF2N2O. The van der Waals surface area contributed by atoms with E-state index in [0.29, 0.717) is 6.42 Å². The highest BCUT2D eigenvalue weighted by atomic mass is 35.5. The van der Waals surface area contributed by atoms with Crippen LogP contribution in [-0.2, 0) is 10.3 Å². The van der Waals surface area contributed by atoms with Gasteiger partial charge in [-0.25, -0.2) is 13.8 Å². The molecule has 1 aromatic rings. The highest BCUT2D eigenvalue weighted by Gasteiger charge is 2.60. The maximum Gasteiger partial charge on any atom is 0.283 e. The normalized spacial score (nSPS) is 33.4. The van der Waals surface area contributed by atoms with Crippen LogP contribution in [0.25, 0.3) is 0 Å². The third-order valence-corrected chi connectivity index (χ3v) is 3.84. The Balaban J connectivity index is 2.17. The fourth-order valence-electron chi connectivity index (χ4n) is 2.56. The Labute approximate surface area is 108 Å². The summed E-state index contributed by atoms with van der Waals surface area (Å²) in [6.07, 6.45) is 0.455. The number of hydrogen-bond donors (Lipinski definition) is 1. The molecule has 2 N–H and O–H groups in total. The van der Waals surface area contributed by atoms with Crippen molar-refractivity contribution in [3.63, 3.8) is 0 Å². The number of aliphatic imine (C=N–C) groups is 1. The van der Waals surface area contributed by atoms with Gasteiger partial charge in [0.05, 0.1) is 5.02 Å². The number of halogens is 3. The summed E-state index contributed by atoms with van der Waals surface area (Å²) in [6.45, 7) is -0.824. The Morgan fingerprint density at radius 2 is 2.33 bits per heavy atom. The van der Waals surface area contributed by atoms with Crippen molar-refractivity contribution in [1.82, 2.24) is 0 Å². The van der Waals surface area contributed by atoms with E-state index in [4.69, 9.17) is 22.1 Å². The van der Waals surface area contributed by atoms with Crippen LogP contribution in [-0.4, -0.2) is 18.8 Å². The van der Waals surface area contributed by atoms with Crippen LogP contribution in [0.2, 0.25) is 5.02 Å². The Morgan fingerprint density at radius 1 is 1.56 bits per heavy atom. The molecular weight excluding hydrogens is 262 g/mol. The second kappa shape index (κ2) is 3.82. The van der Waals surface area contributed by atoms with Gasteiger partial charge in [0.25, 0.3) is 6.02 Å². The predicted molar refractivity (Wildman–Crippen MR) is 63.7 cm³/mol. The van der Waals surface area contributed by atoms with E-state index in [1.165, 1.54) is 12.1 Å². The van der Waals surface area contributed by atoms with Gasteiger partial charge in [-0.3, -0.25) is 0 Å². The van der Waals surface area contributed by atoms with Gasteiger partial charge in [0.2, 0.25) is 0 Å². The van der Waals surface area contributed by atoms with E-state index in [9.17, 15) is 8.78 Å². The molecule has 0 radical (unpaired) electrons. The predicted octanol–water partition coefficient (Wildman–Crippen LogP) is 2.38. The Hall–Kier alpha value is -1.36. The Kier molecular flexibility index (Phi) is 2.48. The number of rotatable bonds is 2. The number of nitrogens with zero attached hydrogens (tertiary/aromatic N) is 1. The van der Waals surface area contributed by atoms with Crippen LogP contribution in [0.5, 0.6) is 0 Å². The maximum absolute atomic E-state index is 14.1. The van der Waals surface area contributed by atoms with Crippen LogP contribution < -0.4 is 5.73 Å². The van der Waals surface area contributed by atoms with Crippen molar-refractivity contribution >= 4 is 17.6 Å². The van der Waals surface area contributed by atoms with Crippen molar-refractivity contribution in [3.8, 4) is 0 Å².